The van der Waals surface area contributed by atoms with Crippen molar-refractivity contribution in [2.45, 2.75) is 13.5 Å². The van der Waals surface area contributed by atoms with Gasteiger partial charge in [0.15, 0.2) is 0 Å². The van der Waals surface area contributed by atoms with Crippen molar-refractivity contribution in [1.82, 2.24) is 10.6 Å². The van der Waals surface area contributed by atoms with Crippen molar-refractivity contribution in [3.05, 3.63) is 42.0 Å². The van der Waals surface area contributed by atoms with E-state index < -0.39 is 0 Å². The SMILES string of the molecule is CNCC(C)C(=O)NCc1ccc2cc(OC)ccc2c1.Cl. The molecule has 0 saturated carbocycles. The van der Waals surface area contributed by atoms with Gasteiger partial charge in [-0.3, -0.25) is 4.79 Å². The maximum absolute atomic E-state index is 11.9. The Morgan fingerprint density at radius 3 is 2.55 bits per heavy atom. The lowest BCUT2D eigenvalue weighted by atomic mass is 10.1. The van der Waals surface area contributed by atoms with Gasteiger partial charge in [0.05, 0.1) is 7.11 Å². The van der Waals surface area contributed by atoms with Gasteiger partial charge < -0.3 is 15.4 Å². The van der Waals surface area contributed by atoms with Crippen molar-refractivity contribution in [1.29, 1.82) is 0 Å². The van der Waals surface area contributed by atoms with Crippen LogP contribution in [0.5, 0.6) is 5.75 Å². The molecule has 2 rings (SSSR count). The molecule has 0 bridgehead atoms. The molecular formula is C17H23ClN2O2. The standard InChI is InChI=1S/C17H22N2O2.ClH/c1-12(10-18-2)17(20)19-11-13-4-5-15-9-16(21-3)7-6-14(15)8-13;/h4-9,12,18H,10-11H2,1-3H3,(H,19,20);1H. The average Bonchev–Trinajstić information content (AvgIpc) is 2.52. The molecule has 2 aromatic rings. The number of benzene rings is 2. The number of nitrogens with one attached hydrogen (secondary N) is 2. The minimum Gasteiger partial charge on any atom is -0.497 e. The molecule has 0 aliphatic rings. The third-order valence-electron chi connectivity index (χ3n) is 3.54. The molecule has 0 fully saturated rings. The number of carbonyl (C=O) groups is 1. The van der Waals surface area contributed by atoms with Crippen molar-refractivity contribution in [2.75, 3.05) is 20.7 Å². The van der Waals surface area contributed by atoms with Gasteiger partial charge in [0, 0.05) is 19.0 Å². The van der Waals surface area contributed by atoms with Crippen LogP contribution in [0.25, 0.3) is 10.8 Å². The van der Waals surface area contributed by atoms with Crippen LogP contribution in [0, 0.1) is 5.92 Å². The maximum Gasteiger partial charge on any atom is 0.224 e. The summed E-state index contributed by atoms with van der Waals surface area (Å²) in [4.78, 5) is 11.9. The molecule has 2 N–H and O–H groups in total. The number of fused-ring (bicyclic) bond motifs is 1. The van der Waals surface area contributed by atoms with Gasteiger partial charge in [-0.25, -0.2) is 0 Å². The van der Waals surface area contributed by atoms with Gasteiger partial charge in [0.1, 0.15) is 5.75 Å². The first kappa shape index (κ1) is 18.3. The summed E-state index contributed by atoms with van der Waals surface area (Å²) in [5, 5.41) is 8.25. The average molecular weight is 323 g/mol. The fourth-order valence-corrected chi connectivity index (χ4v) is 2.27. The molecule has 0 heterocycles. The highest BCUT2D eigenvalue weighted by molar-refractivity contribution is 5.85. The van der Waals surface area contributed by atoms with Crippen LogP contribution in [0.4, 0.5) is 0 Å². The molecule has 0 aliphatic heterocycles. The monoisotopic (exact) mass is 322 g/mol. The molecule has 0 aliphatic carbocycles. The molecule has 22 heavy (non-hydrogen) atoms. The van der Waals surface area contributed by atoms with Gasteiger partial charge in [0.25, 0.3) is 0 Å². The summed E-state index contributed by atoms with van der Waals surface area (Å²) in [5.41, 5.74) is 1.10. The molecule has 0 saturated heterocycles. The summed E-state index contributed by atoms with van der Waals surface area (Å²) in [6.45, 7) is 3.15. The zero-order chi connectivity index (χ0) is 15.2. The van der Waals surface area contributed by atoms with Crippen LogP contribution in [0.15, 0.2) is 36.4 Å². The summed E-state index contributed by atoms with van der Waals surface area (Å²) in [6, 6.07) is 12.2. The lowest BCUT2D eigenvalue weighted by molar-refractivity contribution is -0.124. The van der Waals surface area contributed by atoms with E-state index in [9.17, 15) is 4.79 Å². The molecule has 1 amide bonds. The molecular weight excluding hydrogens is 300 g/mol. The second kappa shape index (κ2) is 8.61. The Balaban J connectivity index is 0.00000242. The van der Waals surface area contributed by atoms with Gasteiger partial charge in [-0.1, -0.05) is 25.1 Å². The predicted molar refractivity (Wildman–Crippen MR) is 92.7 cm³/mol. The van der Waals surface area contributed by atoms with Gasteiger partial charge in [-0.05, 0) is 41.6 Å². The van der Waals surface area contributed by atoms with E-state index in [-0.39, 0.29) is 24.2 Å². The minimum atomic E-state index is -0.0280. The van der Waals surface area contributed by atoms with E-state index in [1.807, 2.05) is 38.2 Å². The molecule has 0 radical (unpaired) electrons. The lowest BCUT2D eigenvalue weighted by Crippen LogP contribution is -2.33. The second-order valence-corrected chi connectivity index (χ2v) is 5.22. The van der Waals surface area contributed by atoms with E-state index in [0.717, 1.165) is 22.1 Å². The summed E-state index contributed by atoms with van der Waals surface area (Å²) in [5.74, 6) is 0.892. The third-order valence-corrected chi connectivity index (χ3v) is 3.54. The number of ether oxygens (including phenoxy) is 1. The Morgan fingerprint density at radius 1 is 1.18 bits per heavy atom. The molecule has 4 nitrogen and oxygen atoms in total. The number of rotatable bonds is 6. The lowest BCUT2D eigenvalue weighted by Gasteiger charge is -2.12. The van der Waals surface area contributed by atoms with Gasteiger partial charge in [-0.15, -0.1) is 12.4 Å². The van der Waals surface area contributed by atoms with Gasteiger partial charge in [0.2, 0.25) is 5.91 Å². The summed E-state index contributed by atoms with van der Waals surface area (Å²) < 4.78 is 5.22. The topological polar surface area (TPSA) is 50.4 Å². The van der Waals surface area contributed by atoms with Crippen LogP contribution in [0.2, 0.25) is 0 Å². The Morgan fingerprint density at radius 2 is 1.86 bits per heavy atom. The highest BCUT2D eigenvalue weighted by Gasteiger charge is 2.11. The van der Waals surface area contributed by atoms with E-state index in [1.54, 1.807) is 7.11 Å². The second-order valence-electron chi connectivity index (χ2n) is 5.22. The highest BCUT2D eigenvalue weighted by atomic mass is 35.5. The van der Waals surface area contributed by atoms with Crippen LogP contribution >= 0.6 is 12.4 Å². The number of carbonyl (C=O) groups excluding carboxylic acids is 1. The number of hydrogen-bond acceptors (Lipinski definition) is 3. The minimum absolute atomic E-state index is 0. The molecule has 120 valence electrons. The van der Waals surface area contributed by atoms with Gasteiger partial charge in [-0.2, -0.15) is 0 Å². The maximum atomic E-state index is 11.9. The fourth-order valence-electron chi connectivity index (χ4n) is 2.27. The number of halogens is 1. The Hall–Kier alpha value is -1.78. The van der Waals surface area contributed by atoms with E-state index in [1.165, 1.54) is 0 Å². The van der Waals surface area contributed by atoms with Crippen molar-refractivity contribution in [2.24, 2.45) is 5.92 Å². The van der Waals surface area contributed by atoms with Crippen molar-refractivity contribution >= 4 is 29.1 Å². The molecule has 1 unspecified atom stereocenters. The van der Waals surface area contributed by atoms with E-state index in [4.69, 9.17) is 4.74 Å². The van der Waals surface area contributed by atoms with Gasteiger partial charge >= 0.3 is 0 Å². The molecule has 2 aromatic carbocycles. The molecule has 1 atom stereocenters. The zero-order valence-corrected chi connectivity index (χ0v) is 14.0. The first-order valence-corrected chi connectivity index (χ1v) is 7.13. The third kappa shape index (κ3) is 4.61. The van der Waals surface area contributed by atoms with Crippen molar-refractivity contribution in [3.8, 4) is 5.75 Å². The Kier molecular flexibility index (Phi) is 7.15. The van der Waals surface area contributed by atoms with Crippen LogP contribution in [-0.4, -0.2) is 26.6 Å². The smallest absolute Gasteiger partial charge is 0.224 e. The van der Waals surface area contributed by atoms with E-state index in [0.29, 0.717) is 13.1 Å². The summed E-state index contributed by atoms with van der Waals surface area (Å²) >= 11 is 0. The molecule has 0 spiro atoms. The zero-order valence-electron chi connectivity index (χ0n) is 13.2. The van der Waals surface area contributed by atoms with Crippen molar-refractivity contribution in [3.63, 3.8) is 0 Å². The Labute approximate surface area is 137 Å². The van der Waals surface area contributed by atoms with Crippen LogP contribution in [0.3, 0.4) is 0 Å². The largest absolute Gasteiger partial charge is 0.497 e. The molecule has 0 aromatic heterocycles. The van der Waals surface area contributed by atoms with E-state index >= 15 is 0 Å². The van der Waals surface area contributed by atoms with Crippen LogP contribution in [-0.2, 0) is 11.3 Å². The van der Waals surface area contributed by atoms with Crippen LogP contribution in [0.1, 0.15) is 12.5 Å². The first-order valence-electron chi connectivity index (χ1n) is 7.13. The highest BCUT2D eigenvalue weighted by Crippen LogP contribution is 2.21. The Bertz CT molecular complexity index is 631. The normalized spacial score (nSPS) is 11.6. The van der Waals surface area contributed by atoms with E-state index in [2.05, 4.69) is 22.8 Å². The first-order chi connectivity index (χ1) is 10.1. The summed E-state index contributed by atoms with van der Waals surface area (Å²) in [6.07, 6.45) is 0. The number of methoxy groups -OCH3 is 1. The quantitative estimate of drug-likeness (QED) is 0.860. The van der Waals surface area contributed by atoms with Crippen LogP contribution < -0.4 is 15.4 Å². The summed E-state index contributed by atoms with van der Waals surface area (Å²) in [7, 11) is 3.51. The fraction of sp³-hybridized carbons (Fsp3) is 0.353. The van der Waals surface area contributed by atoms with Crippen molar-refractivity contribution < 1.29 is 9.53 Å². The predicted octanol–water partition coefficient (Wildman–Crippen LogP) is 2.74. The number of amides is 1. The molecule has 5 heteroatoms. The number of hydrogen-bond donors (Lipinski definition) is 2.